The smallest absolute Gasteiger partial charge is 0.163 e. The van der Waals surface area contributed by atoms with Crippen LogP contribution in [0.2, 0.25) is 0 Å². The summed E-state index contributed by atoms with van der Waals surface area (Å²) in [6, 6.07) is 4.55. The standard InChI is InChI=1S/C9H12O3/c1-2-7(10)6-4-3-5-8(11)9(6)12/h3-5,7,10-12H,2H2,1H3. The third-order valence-electron chi connectivity index (χ3n) is 1.79. The number of rotatable bonds is 2. The monoisotopic (exact) mass is 168 g/mol. The van der Waals surface area contributed by atoms with Crippen LogP contribution in [0.3, 0.4) is 0 Å². The fourth-order valence-corrected chi connectivity index (χ4v) is 1.04. The summed E-state index contributed by atoms with van der Waals surface area (Å²) < 4.78 is 0. The Morgan fingerprint density at radius 3 is 2.58 bits per heavy atom. The maximum Gasteiger partial charge on any atom is 0.163 e. The van der Waals surface area contributed by atoms with Crippen LogP contribution in [0.1, 0.15) is 25.0 Å². The van der Waals surface area contributed by atoms with E-state index in [0.717, 1.165) is 0 Å². The number of hydrogen-bond donors (Lipinski definition) is 3. The summed E-state index contributed by atoms with van der Waals surface area (Å²) in [4.78, 5) is 0. The molecule has 3 nitrogen and oxygen atoms in total. The normalized spacial score (nSPS) is 12.8. The van der Waals surface area contributed by atoms with Crippen molar-refractivity contribution in [1.82, 2.24) is 0 Å². The Balaban J connectivity index is 3.07. The van der Waals surface area contributed by atoms with Crippen LogP contribution >= 0.6 is 0 Å². The molecule has 0 aromatic heterocycles. The SMILES string of the molecule is CCC(O)c1cccc(O)c1O. The van der Waals surface area contributed by atoms with E-state index in [2.05, 4.69) is 0 Å². The predicted octanol–water partition coefficient (Wildman–Crippen LogP) is 1.54. The quantitative estimate of drug-likeness (QED) is 0.587. The molecule has 0 saturated heterocycles. The topological polar surface area (TPSA) is 60.7 Å². The summed E-state index contributed by atoms with van der Waals surface area (Å²) >= 11 is 0. The van der Waals surface area contributed by atoms with Crippen LogP contribution in [0.15, 0.2) is 18.2 Å². The van der Waals surface area contributed by atoms with Crippen molar-refractivity contribution in [2.45, 2.75) is 19.4 Å². The number of para-hydroxylation sites is 1. The lowest BCUT2D eigenvalue weighted by atomic mass is 10.1. The van der Waals surface area contributed by atoms with Crippen LogP contribution in [0.25, 0.3) is 0 Å². The van der Waals surface area contributed by atoms with Crippen LogP contribution in [0.5, 0.6) is 11.5 Å². The molecule has 0 aliphatic heterocycles. The summed E-state index contributed by atoms with van der Waals surface area (Å²) in [5, 5.41) is 27.7. The molecule has 0 heterocycles. The lowest BCUT2D eigenvalue weighted by Crippen LogP contribution is -1.94. The molecular formula is C9H12O3. The molecule has 1 aromatic carbocycles. The van der Waals surface area contributed by atoms with E-state index in [1.165, 1.54) is 6.07 Å². The minimum atomic E-state index is -0.711. The molecule has 1 atom stereocenters. The fourth-order valence-electron chi connectivity index (χ4n) is 1.04. The number of benzene rings is 1. The van der Waals surface area contributed by atoms with Gasteiger partial charge in [0.05, 0.1) is 6.10 Å². The van der Waals surface area contributed by atoms with Gasteiger partial charge in [-0.25, -0.2) is 0 Å². The van der Waals surface area contributed by atoms with Gasteiger partial charge in [-0.2, -0.15) is 0 Å². The first-order chi connectivity index (χ1) is 5.66. The lowest BCUT2D eigenvalue weighted by molar-refractivity contribution is 0.169. The molecule has 3 heteroatoms. The average Bonchev–Trinajstić information content (AvgIpc) is 2.08. The van der Waals surface area contributed by atoms with Gasteiger partial charge >= 0.3 is 0 Å². The molecule has 0 bridgehead atoms. The molecule has 1 unspecified atom stereocenters. The number of phenols is 2. The van der Waals surface area contributed by atoms with E-state index in [0.29, 0.717) is 12.0 Å². The van der Waals surface area contributed by atoms with E-state index in [4.69, 9.17) is 5.11 Å². The highest BCUT2D eigenvalue weighted by Crippen LogP contribution is 2.33. The van der Waals surface area contributed by atoms with Crippen molar-refractivity contribution in [2.75, 3.05) is 0 Å². The second-order valence-corrected chi connectivity index (χ2v) is 2.64. The van der Waals surface area contributed by atoms with Gasteiger partial charge in [0.15, 0.2) is 11.5 Å². The van der Waals surface area contributed by atoms with Crippen molar-refractivity contribution >= 4 is 0 Å². The molecule has 1 rings (SSSR count). The highest BCUT2D eigenvalue weighted by molar-refractivity contribution is 5.45. The Kier molecular flexibility index (Phi) is 2.55. The zero-order valence-electron chi connectivity index (χ0n) is 6.86. The van der Waals surface area contributed by atoms with Crippen LogP contribution in [-0.2, 0) is 0 Å². The van der Waals surface area contributed by atoms with Gasteiger partial charge in [0, 0.05) is 5.56 Å². The molecule has 0 aliphatic carbocycles. The van der Waals surface area contributed by atoms with E-state index in [1.807, 2.05) is 0 Å². The van der Waals surface area contributed by atoms with Crippen LogP contribution < -0.4 is 0 Å². The molecule has 3 N–H and O–H groups in total. The fraction of sp³-hybridized carbons (Fsp3) is 0.333. The van der Waals surface area contributed by atoms with Crippen LogP contribution in [-0.4, -0.2) is 15.3 Å². The number of aliphatic hydroxyl groups excluding tert-OH is 1. The van der Waals surface area contributed by atoms with Crippen molar-refractivity contribution < 1.29 is 15.3 Å². The van der Waals surface area contributed by atoms with E-state index in [1.54, 1.807) is 19.1 Å². The number of hydrogen-bond acceptors (Lipinski definition) is 3. The summed E-state index contributed by atoms with van der Waals surface area (Å²) in [6.45, 7) is 1.80. The average molecular weight is 168 g/mol. The maximum absolute atomic E-state index is 9.36. The van der Waals surface area contributed by atoms with E-state index in [-0.39, 0.29) is 11.5 Å². The number of aliphatic hydroxyl groups is 1. The Labute approximate surface area is 70.9 Å². The van der Waals surface area contributed by atoms with Crippen molar-refractivity contribution in [3.63, 3.8) is 0 Å². The van der Waals surface area contributed by atoms with Gasteiger partial charge in [-0.3, -0.25) is 0 Å². The van der Waals surface area contributed by atoms with Gasteiger partial charge in [0.25, 0.3) is 0 Å². The Morgan fingerprint density at radius 1 is 1.33 bits per heavy atom. The Bertz CT molecular complexity index is 270. The van der Waals surface area contributed by atoms with Crippen LogP contribution in [0.4, 0.5) is 0 Å². The zero-order chi connectivity index (χ0) is 9.14. The third-order valence-corrected chi connectivity index (χ3v) is 1.79. The molecule has 0 fully saturated rings. The largest absolute Gasteiger partial charge is 0.504 e. The van der Waals surface area contributed by atoms with Crippen molar-refractivity contribution in [1.29, 1.82) is 0 Å². The predicted molar refractivity (Wildman–Crippen MR) is 45.0 cm³/mol. The molecule has 0 radical (unpaired) electrons. The van der Waals surface area contributed by atoms with Crippen molar-refractivity contribution in [2.24, 2.45) is 0 Å². The first-order valence-electron chi connectivity index (χ1n) is 3.85. The maximum atomic E-state index is 9.36. The van der Waals surface area contributed by atoms with Gasteiger partial charge < -0.3 is 15.3 Å². The third kappa shape index (κ3) is 1.51. The van der Waals surface area contributed by atoms with Gasteiger partial charge in [-0.05, 0) is 12.5 Å². The van der Waals surface area contributed by atoms with Crippen molar-refractivity contribution in [3.05, 3.63) is 23.8 Å². The summed E-state index contributed by atoms with van der Waals surface area (Å²) in [5.74, 6) is -0.424. The molecule has 1 aromatic rings. The van der Waals surface area contributed by atoms with Crippen molar-refractivity contribution in [3.8, 4) is 11.5 Å². The molecule has 0 saturated carbocycles. The first kappa shape index (κ1) is 8.87. The molecule has 0 aliphatic rings. The Morgan fingerprint density at radius 2 is 2.00 bits per heavy atom. The number of phenolic OH excluding ortho intramolecular Hbond substituents is 2. The Hall–Kier alpha value is -1.22. The minimum absolute atomic E-state index is 0.194. The highest BCUT2D eigenvalue weighted by atomic mass is 16.3. The van der Waals surface area contributed by atoms with E-state index >= 15 is 0 Å². The molecular weight excluding hydrogens is 156 g/mol. The number of aromatic hydroxyl groups is 2. The second kappa shape index (κ2) is 3.45. The zero-order valence-corrected chi connectivity index (χ0v) is 6.86. The lowest BCUT2D eigenvalue weighted by Gasteiger charge is -2.10. The summed E-state index contributed by atoms with van der Waals surface area (Å²) in [7, 11) is 0. The van der Waals surface area contributed by atoms with Crippen LogP contribution in [0, 0.1) is 0 Å². The first-order valence-corrected chi connectivity index (χ1v) is 3.85. The molecule has 0 amide bonds. The summed E-state index contributed by atoms with van der Waals surface area (Å²) in [6.07, 6.45) is -0.200. The minimum Gasteiger partial charge on any atom is -0.504 e. The van der Waals surface area contributed by atoms with Gasteiger partial charge in [0.1, 0.15) is 0 Å². The highest BCUT2D eigenvalue weighted by Gasteiger charge is 2.12. The summed E-state index contributed by atoms with van der Waals surface area (Å²) in [5.41, 5.74) is 0.373. The molecule has 66 valence electrons. The molecule has 12 heavy (non-hydrogen) atoms. The molecule has 0 spiro atoms. The van der Waals surface area contributed by atoms with Gasteiger partial charge in [-0.15, -0.1) is 0 Å². The van der Waals surface area contributed by atoms with E-state index < -0.39 is 6.10 Å². The van der Waals surface area contributed by atoms with E-state index in [9.17, 15) is 10.2 Å². The van der Waals surface area contributed by atoms with Gasteiger partial charge in [-0.1, -0.05) is 19.1 Å². The van der Waals surface area contributed by atoms with Gasteiger partial charge in [0.2, 0.25) is 0 Å². The second-order valence-electron chi connectivity index (χ2n) is 2.64.